The van der Waals surface area contributed by atoms with E-state index in [2.05, 4.69) is 14.8 Å². The average molecular weight is 641 g/mol. The molecule has 1 aromatic heterocycles. The summed E-state index contributed by atoms with van der Waals surface area (Å²) in [5.74, 6) is -4.00. The first-order chi connectivity index (χ1) is 19.5. The molecule has 4 heterocycles. The SMILES string of the molecule is C[C@@]1(O)[C@H](O)N(N(O)P2(=O)OCC=C(c3cccc(Cl)c3)O2)O[C@H]1N1CN(OC(=O)C(F)(F)F)c2c(N)nc(N)nc21. The average Bonchev–Trinajstić information content (AvgIpc) is 3.36. The van der Waals surface area contributed by atoms with Crippen LogP contribution in [0.5, 0.6) is 0 Å². The molecule has 5 rings (SSSR count). The minimum absolute atomic E-state index is 0.0126. The number of halogens is 4. The maximum atomic E-state index is 13.5. The van der Waals surface area contributed by atoms with Crippen molar-refractivity contribution in [3.05, 3.63) is 40.9 Å². The third kappa shape index (κ3) is 5.16. The highest BCUT2D eigenvalue weighted by Gasteiger charge is 2.61. The molecule has 0 spiro atoms. The molecule has 3 aliphatic heterocycles. The second kappa shape index (κ2) is 10.4. The molecule has 0 aliphatic carbocycles. The Kier molecular flexibility index (Phi) is 7.41. The van der Waals surface area contributed by atoms with Gasteiger partial charge in [-0.25, -0.2) is 9.36 Å². The van der Waals surface area contributed by atoms with E-state index in [1.807, 2.05) is 0 Å². The number of nitrogens with two attached hydrogens (primary N) is 2. The van der Waals surface area contributed by atoms with Crippen molar-refractivity contribution in [2.45, 2.75) is 31.2 Å². The number of hydrazine groups is 1. The summed E-state index contributed by atoms with van der Waals surface area (Å²) >= 11 is 6.00. The number of anilines is 4. The topological polar surface area (TPSA) is 223 Å². The molecule has 7 N–H and O–H groups in total. The number of carbonyl (C=O) groups excluding carboxylic acids is 1. The fourth-order valence-electron chi connectivity index (χ4n) is 4.14. The number of alkyl halides is 3. The van der Waals surface area contributed by atoms with Crippen LogP contribution in [0.1, 0.15) is 12.5 Å². The van der Waals surface area contributed by atoms with Crippen molar-refractivity contribution in [1.29, 1.82) is 0 Å². The summed E-state index contributed by atoms with van der Waals surface area (Å²) in [7, 11) is -4.76. The predicted octanol–water partition coefficient (Wildman–Crippen LogP) is 1.34. The molecule has 0 amide bonds. The Balaban J connectivity index is 1.43. The van der Waals surface area contributed by atoms with Crippen molar-refractivity contribution in [3.63, 3.8) is 0 Å². The van der Waals surface area contributed by atoms with Crippen LogP contribution in [0, 0.1) is 0 Å². The number of benzene rings is 1. The zero-order valence-corrected chi connectivity index (χ0v) is 22.7. The number of hydrogen-bond acceptors (Lipinski definition) is 16. The van der Waals surface area contributed by atoms with Crippen molar-refractivity contribution in [2.24, 2.45) is 0 Å². The van der Waals surface area contributed by atoms with E-state index in [1.165, 1.54) is 12.1 Å². The normalized spacial score (nSPS) is 28.1. The molecule has 1 aromatic carbocycles. The lowest BCUT2D eigenvalue weighted by molar-refractivity contribution is -0.373. The van der Waals surface area contributed by atoms with E-state index in [0.29, 0.717) is 15.6 Å². The molecule has 1 saturated heterocycles. The van der Waals surface area contributed by atoms with Crippen molar-refractivity contribution >= 4 is 54.3 Å². The molecule has 3 aliphatic rings. The lowest BCUT2D eigenvalue weighted by Gasteiger charge is -2.33. The van der Waals surface area contributed by atoms with Gasteiger partial charge in [-0.3, -0.25) is 14.6 Å². The van der Waals surface area contributed by atoms with Gasteiger partial charge in [-0.15, -0.1) is 0 Å². The van der Waals surface area contributed by atoms with Gasteiger partial charge in [0.2, 0.25) is 5.95 Å². The summed E-state index contributed by atoms with van der Waals surface area (Å²) in [5.41, 5.74) is 8.89. The second-order valence-electron chi connectivity index (χ2n) is 9.07. The highest BCUT2D eigenvalue weighted by molar-refractivity contribution is 7.51. The maximum absolute atomic E-state index is 13.5. The number of hydroxylamine groups is 2. The van der Waals surface area contributed by atoms with E-state index in [0.717, 1.165) is 11.8 Å². The Hall–Kier alpha value is -3.46. The van der Waals surface area contributed by atoms with Crippen LogP contribution < -0.4 is 21.4 Å². The zero-order chi connectivity index (χ0) is 30.8. The molecule has 17 nitrogen and oxygen atoms in total. The molecule has 2 aromatic rings. The first-order valence-corrected chi connectivity index (χ1v) is 13.4. The van der Waals surface area contributed by atoms with Gasteiger partial charge in [0.05, 0.1) is 6.61 Å². The summed E-state index contributed by atoms with van der Waals surface area (Å²) in [6, 6.07) is 6.21. The van der Waals surface area contributed by atoms with E-state index >= 15 is 0 Å². The summed E-state index contributed by atoms with van der Waals surface area (Å²) in [4.78, 5) is 29.7. The Bertz CT molecular complexity index is 1500. The standard InChI is InChI=1S/C20H21ClF3N8O9P/c1-19(35)15(33)31(32(36)42(37)38-6-5-11(41-42)9-3-2-4-10(21)7-9)39-16(19)29-8-30(40-17(34)20(22,23)24)12-13(25)27-18(26)28-14(12)29/h2-5,7,15-16,33,35-36H,6,8H2,1H3,(H4,25,26,27,28)/t15-,16+,19+,42?/m0/s1. The Morgan fingerprint density at radius 3 is 2.71 bits per heavy atom. The molecule has 0 radical (unpaired) electrons. The van der Waals surface area contributed by atoms with E-state index in [9.17, 15) is 38.0 Å². The molecule has 1 fully saturated rings. The van der Waals surface area contributed by atoms with Crippen molar-refractivity contribution in [2.75, 3.05) is 34.7 Å². The van der Waals surface area contributed by atoms with Crippen LogP contribution in [-0.2, 0) is 28.1 Å². The molecule has 0 bridgehead atoms. The molecule has 1 unspecified atom stereocenters. The van der Waals surface area contributed by atoms with Crippen molar-refractivity contribution < 1.29 is 56.7 Å². The van der Waals surface area contributed by atoms with Crippen LogP contribution in [0.15, 0.2) is 30.3 Å². The van der Waals surface area contributed by atoms with Crippen molar-refractivity contribution in [3.8, 4) is 0 Å². The van der Waals surface area contributed by atoms with Gasteiger partial charge in [0.1, 0.15) is 12.4 Å². The van der Waals surface area contributed by atoms with E-state index < -0.39 is 62.1 Å². The monoisotopic (exact) mass is 640 g/mol. The number of aliphatic hydroxyl groups excluding tert-OH is 1. The first-order valence-electron chi connectivity index (χ1n) is 11.6. The highest BCUT2D eigenvalue weighted by atomic mass is 35.5. The van der Waals surface area contributed by atoms with Gasteiger partial charge in [0.15, 0.2) is 35.4 Å². The lowest BCUT2D eigenvalue weighted by Crippen LogP contribution is -2.55. The minimum Gasteiger partial charge on any atom is -0.411 e. The fraction of sp³-hybridized carbons (Fsp3) is 0.350. The third-order valence-electron chi connectivity index (χ3n) is 6.08. The van der Waals surface area contributed by atoms with Gasteiger partial charge in [-0.05, 0) is 25.1 Å². The quantitative estimate of drug-likeness (QED) is 0.230. The zero-order valence-electron chi connectivity index (χ0n) is 21.0. The Morgan fingerprint density at radius 1 is 1.33 bits per heavy atom. The van der Waals surface area contributed by atoms with Gasteiger partial charge >= 0.3 is 19.9 Å². The van der Waals surface area contributed by atoms with Crippen LogP contribution >= 0.6 is 19.3 Å². The van der Waals surface area contributed by atoms with Gasteiger partial charge in [0.25, 0.3) is 0 Å². The van der Waals surface area contributed by atoms with E-state index in [-0.39, 0.29) is 28.3 Å². The van der Waals surface area contributed by atoms with Crippen LogP contribution in [0.25, 0.3) is 5.76 Å². The lowest BCUT2D eigenvalue weighted by atomic mass is 10.0. The Labute approximate surface area is 238 Å². The number of aromatic nitrogens is 2. The summed E-state index contributed by atoms with van der Waals surface area (Å²) in [6.45, 7) is -0.156. The van der Waals surface area contributed by atoms with Gasteiger partial charge in [0, 0.05) is 15.5 Å². The highest BCUT2D eigenvalue weighted by Crippen LogP contribution is 2.58. The van der Waals surface area contributed by atoms with Crippen LogP contribution in [-0.4, -0.2) is 79.0 Å². The molecule has 0 saturated carbocycles. The predicted molar refractivity (Wildman–Crippen MR) is 134 cm³/mol. The molecular formula is C20H21ClF3N8O9P. The van der Waals surface area contributed by atoms with E-state index in [4.69, 9.17) is 37.0 Å². The summed E-state index contributed by atoms with van der Waals surface area (Å²) < 4.78 is 62.8. The van der Waals surface area contributed by atoms with Crippen molar-refractivity contribution in [1.82, 2.24) is 20.1 Å². The number of nitrogens with zero attached hydrogens (tertiary/aromatic N) is 6. The van der Waals surface area contributed by atoms with Crippen LogP contribution in [0.4, 0.5) is 36.4 Å². The third-order valence-corrected chi connectivity index (χ3v) is 7.84. The fourth-order valence-corrected chi connectivity index (χ4v) is 5.60. The number of hydrogen-bond donors (Lipinski definition) is 5. The smallest absolute Gasteiger partial charge is 0.411 e. The molecule has 4 atom stereocenters. The van der Waals surface area contributed by atoms with Gasteiger partial charge in [-0.2, -0.15) is 28.2 Å². The van der Waals surface area contributed by atoms with Gasteiger partial charge in [-0.1, -0.05) is 28.9 Å². The number of fused-ring (bicyclic) bond motifs is 1. The van der Waals surface area contributed by atoms with Crippen LogP contribution in [0.3, 0.4) is 0 Å². The molecule has 228 valence electrons. The van der Waals surface area contributed by atoms with E-state index in [1.54, 1.807) is 18.2 Å². The largest absolute Gasteiger partial charge is 0.501 e. The summed E-state index contributed by atoms with van der Waals surface area (Å²) in [6.07, 6.45) is -8.08. The summed E-state index contributed by atoms with van der Waals surface area (Å²) in [5, 5.41) is 33.8. The maximum Gasteiger partial charge on any atom is 0.501 e. The van der Waals surface area contributed by atoms with Crippen LogP contribution in [0.2, 0.25) is 5.02 Å². The number of nitrogen functional groups attached to an aromatic ring is 2. The number of carbonyl (C=O) groups is 1. The second-order valence-corrected chi connectivity index (χ2v) is 11.2. The Morgan fingerprint density at radius 2 is 2.05 bits per heavy atom. The molecule has 22 heteroatoms. The molecule has 42 heavy (non-hydrogen) atoms. The van der Waals surface area contributed by atoms with Gasteiger partial charge < -0.3 is 35.9 Å². The number of aliphatic hydroxyl groups is 2. The first kappa shape index (κ1) is 30.0. The molecular weight excluding hydrogens is 620 g/mol. The number of rotatable bonds is 5. The minimum atomic E-state index is -5.40.